The number of carboxylic acids is 1. The van der Waals surface area contributed by atoms with Gasteiger partial charge in [0.1, 0.15) is 12.2 Å². The molecule has 1 unspecified atom stereocenters. The lowest BCUT2D eigenvalue weighted by atomic mass is 9.76. The quantitative estimate of drug-likeness (QED) is 0.925. The van der Waals surface area contributed by atoms with E-state index in [2.05, 4.69) is 19.1 Å². The third-order valence-corrected chi connectivity index (χ3v) is 5.03. The van der Waals surface area contributed by atoms with Gasteiger partial charge in [-0.1, -0.05) is 37.3 Å². The minimum Gasteiger partial charge on any atom is -0.481 e. The molecule has 1 atom stereocenters. The van der Waals surface area contributed by atoms with Gasteiger partial charge in [0.25, 0.3) is 5.91 Å². The van der Waals surface area contributed by atoms with Gasteiger partial charge in [0.05, 0.1) is 11.8 Å². The SMILES string of the molecule is Cc1coc(CC(=O)O)c1C(=O)N1CCCC(C)(c2ccccc2)C1. The maximum Gasteiger partial charge on any atom is 0.311 e. The van der Waals surface area contributed by atoms with Crippen molar-refractivity contribution in [3.05, 3.63) is 59.0 Å². The van der Waals surface area contributed by atoms with Crippen molar-refractivity contribution in [2.24, 2.45) is 0 Å². The molecule has 5 nitrogen and oxygen atoms in total. The van der Waals surface area contributed by atoms with Gasteiger partial charge < -0.3 is 14.4 Å². The number of hydrogen-bond donors (Lipinski definition) is 1. The number of piperidine rings is 1. The van der Waals surface area contributed by atoms with Crippen LogP contribution < -0.4 is 0 Å². The largest absolute Gasteiger partial charge is 0.481 e. The molecule has 1 fully saturated rings. The zero-order valence-electron chi connectivity index (χ0n) is 14.6. The van der Waals surface area contributed by atoms with Gasteiger partial charge in [-0.15, -0.1) is 0 Å². The first-order valence-corrected chi connectivity index (χ1v) is 8.54. The predicted octanol–water partition coefficient (Wildman–Crippen LogP) is 3.41. The first kappa shape index (κ1) is 17.3. The van der Waals surface area contributed by atoms with Gasteiger partial charge in [0.2, 0.25) is 0 Å². The third kappa shape index (κ3) is 3.45. The second kappa shape index (κ2) is 6.75. The fraction of sp³-hybridized carbons (Fsp3) is 0.400. The highest BCUT2D eigenvalue weighted by Gasteiger charge is 2.36. The maximum absolute atomic E-state index is 13.1. The molecule has 0 bridgehead atoms. The van der Waals surface area contributed by atoms with Crippen molar-refractivity contribution in [1.29, 1.82) is 0 Å². The van der Waals surface area contributed by atoms with Crippen LogP contribution in [0.3, 0.4) is 0 Å². The Morgan fingerprint density at radius 3 is 2.68 bits per heavy atom. The molecule has 1 N–H and O–H groups in total. The average Bonchev–Trinajstić information content (AvgIpc) is 2.95. The number of carboxylic acid groups (broad SMARTS) is 1. The first-order valence-electron chi connectivity index (χ1n) is 8.54. The van der Waals surface area contributed by atoms with Gasteiger partial charge in [-0.2, -0.15) is 0 Å². The van der Waals surface area contributed by atoms with Crippen molar-refractivity contribution in [1.82, 2.24) is 4.90 Å². The normalized spacial score (nSPS) is 20.5. The molecular formula is C20H23NO4. The summed E-state index contributed by atoms with van der Waals surface area (Å²) in [5.41, 5.74) is 2.22. The Morgan fingerprint density at radius 2 is 2.00 bits per heavy atom. The zero-order valence-corrected chi connectivity index (χ0v) is 14.6. The molecule has 1 aromatic carbocycles. The molecule has 3 rings (SSSR count). The fourth-order valence-electron chi connectivity index (χ4n) is 3.70. The second-order valence-corrected chi connectivity index (χ2v) is 7.04. The van der Waals surface area contributed by atoms with Gasteiger partial charge >= 0.3 is 5.97 Å². The summed E-state index contributed by atoms with van der Waals surface area (Å²) in [6.07, 6.45) is 3.12. The van der Waals surface area contributed by atoms with Crippen LogP contribution in [0.25, 0.3) is 0 Å². The molecule has 0 spiro atoms. The summed E-state index contributed by atoms with van der Waals surface area (Å²) >= 11 is 0. The molecule has 0 saturated carbocycles. The van der Waals surface area contributed by atoms with Crippen molar-refractivity contribution < 1.29 is 19.1 Å². The number of amides is 1. The van der Waals surface area contributed by atoms with E-state index in [1.807, 2.05) is 23.1 Å². The first-order chi connectivity index (χ1) is 11.9. The van der Waals surface area contributed by atoms with E-state index in [1.165, 1.54) is 11.8 Å². The summed E-state index contributed by atoms with van der Waals surface area (Å²) in [6.45, 7) is 5.26. The molecular weight excluding hydrogens is 318 g/mol. The average molecular weight is 341 g/mol. The van der Waals surface area contributed by atoms with Crippen LogP contribution in [0.4, 0.5) is 0 Å². The van der Waals surface area contributed by atoms with Crippen molar-refractivity contribution in [2.45, 2.75) is 38.5 Å². The van der Waals surface area contributed by atoms with Crippen molar-refractivity contribution in [2.75, 3.05) is 13.1 Å². The van der Waals surface area contributed by atoms with Crippen LogP contribution >= 0.6 is 0 Å². The minimum atomic E-state index is -1.00. The smallest absolute Gasteiger partial charge is 0.311 e. The van der Waals surface area contributed by atoms with Gasteiger partial charge in [-0.25, -0.2) is 0 Å². The van der Waals surface area contributed by atoms with Crippen molar-refractivity contribution >= 4 is 11.9 Å². The van der Waals surface area contributed by atoms with E-state index >= 15 is 0 Å². The minimum absolute atomic E-state index is 0.0974. The highest BCUT2D eigenvalue weighted by Crippen LogP contribution is 2.34. The van der Waals surface area contributed by atoms with Crippen LogP contribution in [-0.4, -0.2) is 35.0 Å². The van der Waals surface area contributed by atoms with Crippen LogP contribution in [0.1, 0.15) is 47.0 Å². The Balaban J connectivity index is 1.86. The molecule has 2 heterocycles. The monoisotopic (exact) mass is 341 g/mol. The van der Waals surface area contributed by atoms with Gasteiger partial charge in [0, 0.05) is 24.1 Å². The lowest BCUT2D eigenvalue weighted by molar-refractivity contribution is -0.136. The molecule has 1 saturated heterocycles. The standard InChI is InChI=1S/C20H23NO4/c1-14-12-25-16(11-17(22)23)18(14)19(24)21-10-6-9-20(2,13-21)15-7-4-3-5-8-15/h3-5,7-8,12H,6,9-11,13H2,1-2H3,(H,22,23). The Hall–Kier alpha value is -2.56. The third-order valence-electron chi connectivity index (χ3n) is 5.03. The number of hydrogen-bond acceptors (Lipinski definition) is 3. The molecule has 1 aliphatic rings. The summed E-state index contributed by atoms with van der Waals surface area (Å²) in [5, 5.41) is 9.04. The van der Waals surface area contributed by atoms with Gasteiger partial charge in [-0.3, -0.25) is 9.59 Å². The number of aryl methyl sites for hydroxylation is 1. The number of benzene rings is 1. The Kier molecular flexibility index (Phi) is 4.66. The van der Waals surface area contributed by atoms with E-state index in [0.717, 1.165) is 12.8 Å². The Labute approximate surface area is 147 Å². The molecule has 5 heteroatoms. The van der Waals surface area contributed by atoms with E-state index in [1.54, 1.807) is 6.92 Å². The maximum atomic E-state index is 13.1. The predicted molar refractivity (Wildman–Crippen MR) is 93.7 cm³/mol. The number of rotatable bonds is 4. The van der Waals surface area contributed by atoms with Gasteiger partial charge in [-0.05, 0) is 25.3 Å². The van der Waals surface area contributed by atoms with Crippen molar-refractivity contribution in [3.8, 4) is 0 Å². The molecule has 0 radical (unpaired) electrons. The number of carbonyl (C=O) groups is 2. The second-order valence-electron chi connectivity index (χ2n) is 7.04. The van der Waals surface area contributed by atoms with Crippen LogP contribution in [0.2, 0.25) is 0 Å². The van der Waals surface area contributed by atoms with Crippen molar-refractivity contribution in [3.63, 3.8) is 0 Å². The molecule has 0 aliphatic carbocycles. The fourth-order valence-corrected chi connectivity index (χ4v) is 3.70. The number of likely N-dealkylation sites (tertiary alicyclic amines) is 1. The lowest BCUT2D eigenvalue weighted by Crippen LogP contribution is -2.47. The number of furan rings is 1. The van der Waals surface area contributed by atoms with Crippen LogP contribution in [0.15, 0.2) is 41.0 Å². The topological polar surface area (TPSA) is 70.7 Å². The van der Waals surface area contributed by atoms with E-state index < -0.39 is 5.97 Å². The summed E-state index contributed by atoms with van der Waals surface area (Å²) in [7, 11) is 0. The summed E-state index contributed by atoms with van der Waals surface area (Å²) in [4.78, 5) is 25.9. The summed E-state index contributed by atoms with van der Waals surface area (Å²) in [6, 6.07) is 10.2. The molecule has 2 aromatic rings. The molecule has 1 amide bonds. The number of nitrogens with zero attached hydrogens (tertiary/aromatic N) is 1. The van der Waals surface area contributed by atoms with E-state index in [0.29, 0.717) is 24.2 Å². The number of carbonyl (C=O) groups excluding carboxylic acids is 1. The Bertz CT molecular complexity index is 780. The highest BCUT2D eigenvalue weighted by atomic mass is 16.4. The molecule has 1 aliphatic heterocycles. The Morgan fingerprint density at radius 1 is 1.28 bits per heavy atom. The summed E-state index contributed by atoms with van der Waals surface area (Å²) < 4.78 is 5.33. The van der Waals surface area contributed by atoms with Crippen LogP contribution in [-0.2, 0) is 16.6 Å². The van der Waals surface area contributed by atoms with Crippen LogP contribution in [0, 0.1) is 6.92 Å². The highest BCUT2D eigenvalue weighted by molar-refractivity contribution is 5.97. The molecule has 25 heavy (non-hydrogen) atoms. The van der Waals surface area contributed by atoms with Gasteiger partial charge in [0.15, 0.2) is 0 Å². The molecule has 1 aromatic heterocycles. The lowest BCUT2D eigenvalue weighted by Gasteiger charge is -2.41. The van der Waals surface area contributed by atoms with Crippen LogP contribution in [0.5, 0.6) is 0 Å². The van der Waals surface area contributed by atoms with E-state index in [4.69, 9.17) is 9.52 Å². The molecule has 132 valence electrons. The number of aliphatic carboxylic acids is 1. The van der Waals surface area contributed by atoms with E-state index in [9.17, 15) is 9.59 Å². The van der Waals surface area contributed by atoms with E-state index in [-0.39, 0.29) is 23.5 Å². The zero-order chi connectivity index (χ0) is 18.0. The summed E-state index contributed by atoms with van der Waals surface area (Å²) in [5.74, 6) is -0.900.